The van der Waals surface area contributed by atoms with Crippen LogP contribution < -0.4 is 0 Å². The number of allylic oxidation sites excluding steroid dienone is 3. The second-order valence-corrected chi connectivity index (χ2v) is 16.8. The van der Waals surface area contributed by atoms with Gasteiger partial charge in [-0.1, -0.05) is 148 Å². The summed E-state index contributed by atoms with van der Waals surface area (Å²) < 4.78 is 4.84. The first-order valence-electron chi connectivity index (χ1n) is 20.8. The van der Waals surface area contributed by atoms with E-state index in [1.807, 2.05) is 6.08 Å². The number of hydrogen-bond donors (Lipinski definition) is 0. The van der Waals surface area contributed by atoms with E-state index in [1.165, 1.54) is 87.1 Å². The molecule has 0 amide bonds. The van der Waals surface area contributed by atoms with E-state index in [9.17, 15) is 0 Å². The molecular formula is C57H41N3. The standard InChI is InChI=1S/C57H41N3/c1-5-39-50-33-48-42-20-8-6-18-40(42)41-19-7-9-21-43(41)49(48)34-51(50)57(3,4)56(39)58-35(2)36-30-37(59-52-26-14-10-22-44(52)45-23-11-15-27-53(45)59)32-38(31-36)60-54-28-16-12-24-46(54)47-25-13-17-29-55(47)60/h5-34H,1H2,2-4H3/b58-35+. The van der Waals surface area contributed by atoms with Crippen molar-refractivity contribution >= 4 is 87.2 Å². The van der Waals surface area contributed by atoms with Crippen LogP contribution in [0.1, 0.15) is 37.5 Å². The van der Waals surface area contributed by atoms with E-state index >= 15 is 0 Å². The Hall–Kier alpha value is -7.49. The van der Waals surface area contributed by atoms with Crippen LogP contribution in [0.2, 0.25) is 0 Å². The molecule has 0 bridgehead atoms. The van der Waals surface area contributed by atoms with Crippen LogP contribution in [0.3, 0.4) is 0 Å². The van der Waals surface area contributed by atoms with Crippen molar-refractivity contribution in [1.82, 2.24) is 9.13 Å². The highest BCUT2D eigenvalue weighted by atomic mass is 15.0. The SMILES string of the molecule is C=CC1=C(/N=C(\C)c2cc(-n3c4ccccc4c4ccccc43)cc(-n3c4ccccc4c4ccccc43)c2)C(C)(C)c2cc3c4ccccc4c4ccccc4c3cc21. The van der Waals surface area contributed by atoms with E-state index in [0.29, 0.717) is 0 Å². The highest BCUT2D eigenvalue weighted by Gasteiger charge is 2.38. The van der Waals surface area contributed by atoms with Crippen molar-refractivity contribution in [3.8, 4) is 11.4 Å². The summed E-state index contributed by atoms with van der Waals surface area (Å²) in [5.41, 5.74) is 13.1. The number of aliphatic imine (C=N–C) groups is 1. The van der Waals surface area contributed by atoms with Crippen molar-refractivity contribution < 1.29 is 0 Å². The van der Waals surface area contributed by atoms with E-state index < -0.39 is 0 Å². The Labute approximate surface area is 348 Å². The second kappa shape index (κ2) is 12.8. The van der Waals surface area contributed by atoms with Gasteiger partial charge in [-0.3, -0.25) is 4.99 Å². The zero-order chi connectivity index (χ0) is 40.3. The predicted octanol–water partition coefficient (Wildman–Crippen LogP) is 15.0. The molecule has 0 atom stereocenters. The Morgan fingerprint density at radius 1 is 0.467 bits per heavy atom. The summed E-state index contributed by atoms with van der Waals surface area (Å²) in [6.45, 7) is 11.2. The minimum Gasteiger partial charge on any atom is -0.309 e. The topological polar surface area (TPSA) is 22.2 Å². The molecule has 284 valence electrons. The summed E-state index contributed by atoms with van der Waals surface area (Å²) in [7, 11) is 0. The van der Waals surface area contributed by atoms with Gasteiger partial charge in [-0.2, -0.15) is 0 Å². The van der Waals surface area contributed by atoms with Crippen LogP contribution in [-0.2, 0) is 5.41 Å². The number of nitrogens with zero attached hydrogens (tertiary/aromatic N) is 3. The zero-order valence-corrected chi connectivity index (χ0v) is 33.9. The minimum atomic E-state index is -0.374. The Kier molecular flexibility index (Phi) is 7.34. The molecule has 1 aliphatic carbocycles. The van der Waals surface area contributed by atoms with E-state index in [1.54, 1.807) is 0 Å². The number of aromatic nitrogens is 2. The van der Waals surface area contributed by atoms with Crippen LogP contribution in [-0.4, -0.2) is 14.8 Å². The van der Waals surface area contributed by atoms with Crippen LogP contribution in [0.4, 0.5) is 0 Å². The quantitative estimate of drug-likeness (QED) is 0.123. The highest BCUT2D eigenvalue weighted by molar-refractivity contribution is 6.26. The van der Waals surface area contributed by atoms with Crippen LogP contribution in [0, 0.1) is 0 Å². The summed E-state index contributed by atoms with van der Waals surface area (Å²) in [6.07, 6.45) is 2.02. The molecule has 0 unspecified atom stereocenters. The van der Waals surface area contributed by atoms with Crippen LogP contribution in [0.15, 0.2) is 199 Å². The average Bonchev–Trinajstić information content (AvgIpc) is 3.88. The van der Waals surface area contributed by atoms with Gasteiger partial charge in [0.05, 0.1) is 27.8 Å². The first-order chi connectivity index (χ1) is 29.4. The van der Waals surface area contributed by atoms with Gasteiger partial charge in [0.25, 0.3) is 0 Å². The van der Waals surface area contributed by atoms with E-state index in [2.05, 4.69) is 212 Å². The molecule has 0 saturated heterocycles. The third-order valence-corrected chi connectivity index (χ3v) is 13.2. The maximum Gasteiger partial charge on any atom is 0.0585 e. The first-order valence-corrected chi connectivity index (χ1v) is 20.8. The lowest BCUT2D eigenvalue weighted by Gasteiger charge is -2.23. The van der Waals surface area contributed by atoms with Gasteiger partial charge in [0.2, 0.25) is 0 Å². The number of benzene rings is 9. The molecule has 3 heteroatoms. The molecule has 9 aromatic carbocycles. The fourth-order valence-electron chi connectivity index (χ4n) is 10.4. The van der Waals surface area contributed by atoms with Crippen LogP contribution in [0.5, 0.6) is 0 Å². The molecule has 2 heterocycles. The molecule has 11 aromatic rings. The van der Waals surface area contributed by atoms with Crippen molar-refractivity contribution in [1.29, 1.82) is 0 Å². The molecule has 0 N–H and O–H groups in total. The number of fused-ring (bicyclic) bond motifs is 13. The minimum absolute atomic E-state index is 0.374. The lowest BCUT2D eigenvalue weighted by Crippen LogP contribution is -2.17. The number of rotatable bonds is 5. The number of para-hydroxylation sites is 4. The fraction of sp³-hybridized carbons (Fsp3) is 0.0702. The van der Waals surface area contributed by atoms with Gasteiger partial charge in [0.15, 0.2) is 0 Å². The Morgan fingerprint density at radius 2 is 0.833 bits per heavy atom. The van der Waals surface area contributed by atoms with Crippen molar-refractivity contribution in [3.63, 3.8) is 0 Å². The normalized spacial score (nSPS) is 14.2. The molecule has 12 rings (SSSR count). The molecule has 60 heavy (non-hydrogen) atoms. The third kappa shape index (κ3) is 4.81. The van der Waals surface area contributed by atoms with Crippen LogP contribution in [0.25, 0.3) is 92.9 Å². The smallest absolute Gasteiger partial charge is 0.0585 e. The molecule has 0 fully saturated rings. The Morgan fingerprint density at radius 3 is 1.25 bits per heavy atom. The van der Waals surface area contributed by atoms with Gasteiger partial charge < -0.3 is 9.13 Å². The third-order valence-electron chi connectivity index (χ3n) is 13.2. The maximum atomic E-state index is 5.68. The largest absolute Gasteiger partial charge is 0.309 e. The van der Waals surface area contributed by atoms with Gasteiger partial charge >= 0.3 is 0 Å². The number of hydrogen-bond acceptors (Lipinski definition) is 1. The first kappa shape index (κ1) is 34.5. The van der Waals surface area contributed by atoms with Crippen molar-refractivity contribution in [2.45, 2.75) is 26.2 Å². The van der Waals surface area contributed by atoms with Gasteiger partial charge in [0, 0.05) is 49.6 Å². The Bertz CT molecular complexity index is 3480. The van der Waals surface area contributed by atoms with Crippen molar-refractivity contribution in [3.05, 3.63) is 211 Å². The Balaban J connectivity index is 1.11. The van der Waals surface area contributed by atoms with E-state index in [-0.39, 0.29) is 5.41 Å². The summed E-state index contributed by atoms with van der Waals surface area (Å²) in [6, 6.07) is 64.4. The fourth-order valence-corrected chi connectivity index (χ4v) is 10.4. The lowest BCUT2D eigenvalue weighted by molar-refractivity contribution is 0.633. The molecule has 1 aliphatic rings. The monoisotopic (exact) mass is 767 g/mol. The van der Waals surface area contributed by atoms with Gasteiger partial charge in [0.1, 0.15) is 0 Å². The molecule has 3 nitrogen and oxygen atoms in total. The second-order valence-electron chi connectivity index (χ2n) is 16.8. The van der Waals surface area contributed by atoms with E-state index in [0.717, 1.165) is 33.9 Å². The lowest BCUT2D eigenvalue weighted by atomic mass is 9.82. The van der Waals surface area contributed by atoms with Crippen molar-refractivity contribution in [2.24, 2.45) is 4.99 Å². The zero-order valence-electron chi connectivity index (χ0n) is 33.9. The predicted molar refractivity (Wildman–Crippen MR) is 256 cm³/mol. The van der Waals surface area contributed by atoms with Crippen LogP contribution >= 0.6 is 0 Å². The molecule has 0 saturated carbocycles. The van der Waals surface area contributed by atoms with E-state index in [4.69, 9.17) is 4.99 Å². The molecule has 0 spiro atoms. The summed E-state index contributed by atoms with van der Waals surface area (Å²) in [4.78, 5) is 5.68. The highest BCUT2D eigenvalue weighted by Crippen LogP contribution is 2.50. The molecule has 0 radical (unpaired) electrons. The summed E-state index contributed by atoms with van der Waals surface area (Å²) >= 11 is 0. The van der Waals surface area contributed by atoms with Gasteiger partial charge in [-0.05, 0) is 111 Å². The molecular weight excluding hydrogens is 727 g/mol. The summed E-state index contributed by atoms with van der Waals surface area (Å²) in [5.74, 6) is 0. The maximum absolute atomic E-state index is 5.68. The van der Waals surface area contributed by atoms with Crippen molar-refractivity contribution in [2.75, 3.05) is 0 Å². The van der Waals surface area contributed by atoms with Gasteiger partial charge in [-0.25, -0.2) is 0 Å². The average molecular weight is 768 g/mol. The van der Waals surface area contributed by atoms with Gasteiger partial charge in [-0.15, -0.1) is 0 Å². The molecule has 2 aromatic heterocycles. The summed E-state index contributed by atoms with van der Waals surface area (Å²) in [5, 5.41) is 12.6. The molecule has 0 aliphatic heterocycles.